The van der Waals surface area contributed by atoms with Crippen LogP contribution in [0.4, 0.5) is 4.79 Å². The molecular formula is C39H41N7O12. The number of hydrogen-bond acceptors (Lipinski definition) is 17. The van der Waals surface area contributed by atoms with E-state index in [4.69, 9.17) is 33.5 Å². The maximum Gasteiger partial charge on any atom is 0.519 e. The van der Waals surface area contributed by atoms with Crippen LogP contribution in [0.5, 0.6) is 0 Å². The van der Waals surface area contributed by atoms with Crippen molar-refractivity contribution in [2.75, 3.05) is 0 Å². The van der Waals surface area contributed by atoms with Crippen molar-refractivity contribution in [3.63, 3.8) is 0 Å². The van der Waals surface area contributed by atoms with Crippen LogP contribution in [-0.4, -0.2) is 62.8 Å². The predicted molar refractivity (Wildman–Crippen MR) is 198 cm³/mol. The average Bonchev–Trinajstić information content (AvgIpc) is 3.91. The van der Waals surface area contributed by atoms with E-state index in [1.54, 1.807) is 42.7 Å². The molecule has 3 N–H and O–H groups in total. The first kappa shape index (κ1) is 41.1. The minimum absolute atomic E-state index is 0.0785. The second kappa shape index (κ2) is 18.2. The molecule has 19 heteroatoms. The van der Waals surface area contributed by atoms with Crippen molar-refractivity contribution in [3.05, 3.63) is 129 Å². The van der Waals surface area contributed by atoms with Crippen molar-refractivity contribution in [3.8, 4) is 22.5 Å². The number of ether oxygens (including phenoxy) is 3. The van der Waals surface area contributed by atoms with Gasteiger partial charge in [-0.2, -0.15) is 0 Å². The Hall–Kier alpha value is -6.51. The van der Waals surface area contributed by atoms with Gasteiger partial charge in [-0.25, -0.2) is 24.2 Å². The highest BCUT2D eigenvalue weighted by Crippen LogP contribution is 2.31. The molecule has 19 nitrogen and oxygen atoms in total. The van der Waals surface area contributed by atoms with Gasteiger partial charge in [0.25, 0.3) is 0 Å². The number of nitrogens with zero attached hydrogens (tertiary/aromatic N) is 7. The standard InChI is InChI=1S/C39H41N7O12/c1-5-9-32-40-34(39(3,4)50)33(36(47)53-22-31-24(2)57-38(49)58-31)44(32)19-25-14-16-28(17-15-25)29-12-6-7-13-30(29)35-41-43-45(42-35)23-55-37(48)54-20-26-10-8-11-27(18-26)21-56-46(51)52/h6-8,10-18,50-52H,5,9,19-23H2,1-4H3. The lowest BCUT2D eigenvalue weighted by Gasteiger charge is -2.17. The molecule has 0 aliphatic heterocycles. The van der Waals surface area contributed by atoms with Crippen molar-refractivity contribution in [1.82, 2.24) is 35.1 Å². The number of benzene rings is 3. The number of hydrogen-bond donors (Lipinski definition) is 3. The molecule has 0 atom stereocenters. The number of aromatic nitrogens is 6. The highest BCUT2D eigenvalue weighted by molar-refractivity contribution is 5.89. The molecule has 0 aliphatic rings. The second-order valence-corrected chi connectivity index (χ2v) is 13.5. The highest BCUT2D eigenvalue weighted by Gasteiger charge is 2.33. The summed E-state index contributed by atoms with van der Waals surface area (Å²) < 4.78 is 27.5. The van der Waals surface area contributed by atoms with E-state index in [1.165, 1.54) is 6.92 Å². The first-order valence-corrected chi connectivity index (χ1v) is 18.0. The van der Waals surface area contributed by atoms with E-state index >= 15 is 0 Å². The molecule has 3 heterocycles. The molecule has 0 amide bonds. The van der Waals surface area contributed by atoms with Gasteiger partial charge in [0, 0.05) is 18.5 Å². The summed E-state index contributed by atoms with van der Waals surface area (Å²) in [6.45, 7) is 5.90. The monoisotopic (exact) mass is 799 g/mol. The molecule has 0 bridgehead atoms. The lowest BCUT2D eigenvalue weighted by Crippen LogP contribution is -2.23. The van der Waals surface area contributed by atoms with Crippen LogP contribution in [0.3, 0.4) is 0 Å². The molecule has 58 heavy (non-hydrogen) atoms. The third kappa shape index (κ3) is 10.3. The molecule has 0 fully saturated rings. The Kier molecular flexibility index (Phi) is 12.9. The van der Waals surface area contributed by atoms with Gasteiger partial charge in [0.1, 0.15) is 23.7 Å². The van der Waals surface area contributed by atoms with Crippen molar-refractivity contribution in [1.29, 1.82) is 0 Å². The zero-order valence-corrected chi connectivity index (χ0v) is 32.0. The summed E-state index contributed by atoms with van der Waals surface area (Å²) in [5.41, 5.74) is 3.14. The zero-order valence-electron chi connectivity index (χ0n) is 32.0. The second-order valence-electron chi connectivity index (χ2n) is 13.5. The number of carbonyl (C=O) groups excluding carboxylic acids is 2. The summed E-state index contributed by atoms with van der Waals surface area (Å²) in [7, 11) is 0. The number of esters is 1. The summed E-state index contributed by atoms with van der Waals surface area (Å²) in [6, 6.07) is 21.9. The van der Waals surface area contributed by atoms with Crippen molar-refractivity contribution < 1.29 is 53.0 Å². The Labute approximate surface area is 330 Å². The third-order valence-electron chi connectivity index (χ3n) is 8.68. The molecule has 6 rings (SSSR count). The Morgan fingerprint density at radius 1 is 0.879 bits per heavy atom. The highest BCUT2D eigenvalue weighted by atomic mass is 17.1. The fourth-order valence-electron chi connectivity index (χ4n) is 5.97. The predicted octanol–water partition coefficient (Wildman–Crippen LogP) is 5.47. The van der Waals surface area contributed by atoms with E-state index in [0.29, 0.717) is 28.9 Å². The molecule has 3 aromatic carbocycles. The number of carbonyl (C=O) groups is 2. The number of aliphatic hydroxyl groups is 1. The number of imidazole rings is 1. The van der Waals surface area contributed by atoms with Gasteiger partial charge in [-0.05, 0) is 60.2 Å². The first-order valence-electron chi connectivity index (χ1n) is 18.0. The Bertz CT molecular complexity index is 2410. The zero-order chi connectivity index (χ0) is 41.4. The minimum Gasteiger partial charge on any atom is -0.453 e. The summed E-state index contributed by atoms with van der Waals surface area (Å²) in [5.74, 6) is -0.502. The van der Waals surface area contributed by atoms with Gasteiger partial charge in [-0.1, -0.05) is 79.7 Å². The molecule has 0 spiro atoms. The number of aryl methyl sites for hydroxylation is 2. The van der Waals surface area contributed by atoms with E-state index in [9.17, 15) is 19.5 Å². The lowest BCUT2D eigenvalue weighted by atomic mass is 9.98. The van der Waals surface area contributed by atoms with Crippen LogP contribution in [0.2, 0.25) is 0 Å². The molecule has 0 unspecified atom stereocenters. The topological polar surface area (TPSA) is 240 Å². The van der Waals surface area contributed by atoms with E-state index in [1.807, 2.05) is 55.5 Å². The Morgan fingerprint density at radius 3 is 2.28 bits per heavy atom. The third-order valence-corrected chi connectivity index (χ3v) is 8.68. The smallest absolute Gasteiger partial charge is 0.453 e. The molecule has 0 saturated carbocycles. The maximum atomic E-state index is 13.6. The average molecular weight is 800 g/mol. The van der Waals surface area contributed by atoms with E-state index in [2.05, 4.69) is 25.2 Å². The van der Waals surface area contributed by atoms with Gasteiger partial charge in [0.05, 0.1) is 12.0 Å². The summed E-state index contributed by atoms with van der Waals surface area (Å²) >= 11 is 0. The van der Waals surface area contributed by atoms with E-state index in [0.717, 1.165) is 27.9 Å². The molecule has 304 valence electrons. The van der Waals surface area contributed by atoms with Crippen LogP contribution in [0.1, 0.15) is 77.4 Å². The number of tetrazole rings is 1. The molecule has 0 radical (unpaired) electrons. The van der Waals surface area contributed by atoms with Crippen molar-refractivity contribution >= 4 is 12.1 Å². The summed E-state index contributed by atoms with van der Waals surface area (Å²) in [4.78, 5) is 47.8. The van der Waals surface area contributed by atoms with Crippen LogP contribution in [-0.2, 0) is 64.2 Å². The van der Waals surface area contributed by atoms with Crippen LogP contribution >= 0.6 is 0 Å². The van der Waals surface area contributed by atoms with Crippen LogP contribution in [0.15, 0.2) is 86.4 Å². The van der Waals surface area contributed by atoms with E-state index < -0.39 is 23.5 Å². The number of rotatable bonds is 17. The lowest BCUT2D eigenvalue weighted by molar-refractivity contribution is -0.497. The maximum absolute atomic E-state index is 13.6. The van der Waals surface area contributed by atoms with Gasteiger partial charge in [0.2, 0.25) is 12.6 Å². The fraction of sp³-hybridized carbons (Fsp3) is 0.308. The SMILES string of the molecule is CCCc1nc(C(C)(C)O)c(C(=O)OCc2oc(=O)oc2C)n1Cc1ccc(-c2ccccc2-c2nnn(COC(=O)OCc3cccc(CON(O)O)c3)n2)cc1. The first-order chi connectivity index (χ1) is 27.8. The Morgan fingerprint density at radius 2 is 1.60 bits per heavy atom. The van der Waals surface area contributed by atoms with Crippen molar-refractivity contribution in [2.24, 2.45) is 0 Å². The van der Waals surface area contributed by atoms with E-state index in [-0.39, 0.29) is 67.2 Å². The Balaban J connectivity index is 1.14. The van der Waals surface area contributed by atoms with Gasteiger partial charge in [-0.15, -0.1) is 15.0 Å². The fourth-order valence-corrected chi connectivity index (χ4v) is 5.97. The molecule has 3 aromatic heterocycles. The normalized spacial score (nSPS) is 11.6. The van der Waals surface area contributed by atoms with Crippen LogP contribution < -0.4 is 5.82 Å². The van der Waals surface area contributed by atoms with Gasteiger partial charge in [0.15, 0.2) is 23.8 Å². The molecule has 0 aliphatic carbocycles. The van der Waals surface area contributed by atoms with Gasteiger partial charge >= 0.3 is 17.9 Å². The molecule has 0 saturated heterocycles. The largest absolute Gasteiger partial charge is 0.519 e. The van der Waals surface area contributed by atoms with Gasteiger partial charge < -0.3 is 32.7 Å². The summed E-state index contributed by atoms with van der Waals surface area (Å²) in [6.07, 6.45) is 0.294. The van der Waals surface area contributed by atoms with Gasteiger partial charge in [-0.3, -0.25) is 10.4 Å². The quantitative estimate of drug-likeness (QED) is 0.0766. The van der Waals surface area contributed by atoms with Crippen molar-refractivity contribution in [2.45, 2.75) is 79.2 Å². The molecule has 6 aromatic rings. The van der Waals surface area contributed by atoms with Crippen LogP contribution in [0.25, 0.3) is 22.5 Å². The minimum atomic E-state index is -1.48. The summed E-state index contributed by atoms with van der Waals surface area (Å²) in [5, 5.41) is 40.7. The molecular weight excluding hydrogens is 758 g/mol. The van der Waals surface area contributed by atoms with Crippen LogP contribution in [0, 0.1) is 6.92 Å².